The number of Topliss-reactive ketones (excluding diaryl/α,β-unsaturated/α-hetero) is 1. The van der Waals surface area contributed by atoms with Gasteiger partial charge in [0.15, 0.2) is 5.78 Å². The van der Waals surface area contributed by atoms with E-state index in [0.717, 1.165) is 10.9 Å². The maximum Gasteiger partial charge on any atom is 0.168 e. The summed E-state index contributed by atoms with van der Waals surface area (Å²) in [5.74, 6) is -0.482. The average molecular weight is 279 g/mol. The molecule has 0 saturated heterocycles. The quantitative estimate of drug-likeness (QED) is 0.675. The third-order valence-corrected chi connectivity index (χ3v) is 3.49. The summed E-state index contributed by atoms with van der Waals surface area (Å²) in [4.78, 5) is 16.7. The number of aryl methyl sites for hydroxylation is 1. The van der Waals surface area contributed by atoms with Gasteiger partial charge in [-0.25, -0.2) is 4.39 Å². The van der Waals surface area contributed by atoms with E-state index in [4.69, 9.17) is 0 Å². The van der Waals surface area contributed by atoms with Gasteiger partial charge in [0.2, 0.25) is 0 Å². The molecular formula is C18H14FNO. The number of pyridine rings is 1. The zero-order chi connectivity index (χ0) is 14.8. The second-order valence-corrected chi connectivity index (χ2v) is 5.06. The predicted octanol–water partition coefficient (Wildman–Crippen LogP) is 4.11. The fourth-order valence-electron chi connectivity index (χ4n) is 2.24. The summed E-state index contributed by atoms with van der Waals surface area (Å²) in [5, 5.41) is 1.04. The molecule has 2 aromatic carbocycles. The molecule has 1 aromatic heterocycles. The van der Waals surface area contributed by atoms with Gasteiger partial charge in [-0.2, -0.15) is 0 Å². The number of benzene rings is 2. The molecule has 0 N–H and O–H groups in total. The van der Waals surface area contributed by atoms with E-state index in [1.807, 2.05) is 36.4 Å². The van der Waals surface area contributed by atoms with E-state index in [9.17, 15) is 9.18 Å². The van der Waals surface area contributed by atoms with Gasteiger partial charge in [0.25, 0.3) is 0 Å². The number of para-hydroxylation sites is 1. The normalized spacial score (nSPS) is 10.8. The lowest BCUT2D eigenvalue weighted by atomic mass is 10.0. The van der Waals surface area contributed by atoms with Crippen molar-refractivity contribution < 1.29 is 9.18 Å². The molecule has 0 spiro atoms. The molecule has 3 aromatic rings. The van der Waals surface area contributed by atoms with Crippen LogP contribution in [0.2, 0.25) is 0 Å². The van der Waals surface area contributed by atoms with Gasteiger partial charge >= 0.3 is 0 Å². The van der Waals surface area contributed by atoms with Crippen LogP contribution in [-0.2, 0) is 6.42 Å². The van der Waals surface area contributed by atoms with E-state index in [1.54, 1.807) is 19.1 Å². The van der Waals surface area contributed by atoms with E-state index in [2.05, 4.69) is 4.98 Å². The van der Waals surface area contributed by atoms with Gasteiger partial charge in [-0.3, -0.25) is 9.78 Å². The highest BCUT2D eigenvalue weighted by atomic mass is 19.1. The van der Waals surface area contributed by atoms with Gasteiger partial charge in [0.05, 0.1) is 11.9 Å². The van der Waals surface area contributed by atoms with Crippen LogP contribution in [0.3, 0.4) is 0 Å². The fourth-order valence-corrected chi connectivity index (χ4v) is 2.24. The number of fused-ring (bicyclic) bond motifs is 1. The van der Waals surface area contributed by atoms with E-state index in [0.29, 0.717) is 16.8 Å². The lowest BCUT2D eigenvalue weighted by Crippen LogP contribution is -2.06. The van der Waals surface area contributed by atoms with Crippen molar-refractivity contribution in [2.75, 3.05) is 0 Å². The van der Waals surface area contributed by atoms with E-state index < -0.39 is 0 Å². The fraction of sp³-hybridized carbons (Fsp3) is 0.111. The second kappa shape index (κ2) is 5.44. The summed E-state index contributed by atoms with van der Waals surface area (Å²) in [7, 11) is 0. The zero-order valence-corrected chi connectivity index (χ0v) is 11.6. The minimum atomic E-state index is -0.354. The Kier molecular flexibility index (Phi) is 3.48. The second-order valence-electron chi connectivity index (χ2n) is 5.06. The average Bonchev–Trinajstić information content (AvgIpc) is 2.50. The first-order chi connectivity index (χ1) is 10.1. The van der Waals surface area contributed by atoms with Gasteiger partial charge in [-0.15, -0.1) is 0 Å². The Hall–Kier alpha value is -2.55. The maximum atomic E-state index is 13.5. The van der Waals surface area contributed by atoms with Gasteiger partial charge in [0.1, 0.15) is 5.82 Å². The van der Waals surface area contributed by atoms with E-state index in [-0.39, 0.29) is 18.0 Å². The minimum Gasteiger partial charge on any atom is -0.294 e. The Bertz CT molecular complexity index is 826. The Balaban J connectivity index is 1.87. The first-order valence-corrected chi connectivity index (χ1v) is 6.77. The number of nitrogens with zero attached hydrogens (tertiary/aromatic N) is 1. The van der Waals surface area contributed by atoms with E-state index >= 15 is 0 Å². The molecule has 0 unspecified atom stereocenters. The monoisotopic (exact) mass is 279 g/mol. The van der Waals surface area contributed by atoms with Crippen molar-refractivity contribution >= 4 is 16.7 Å². The van der Waals surface area contributed by atoms with Crippen LogP contribution in [0.15, 0.2) is 54.6 Å². The van der Waals surface area contributed by atoms with Crippen LogP contribution in [-0.4, -0.2) is 10.8 Å². The molecule has 3 heteroatoms. The van der Waals surface area contributed by atoms with Gasteiger partial charge in [-0.05, 0) is 30.7 Å². The summed E-state index contributed by atoms with van der Waals surface area (Å²) in [6, 6.07) is 16.1. The largest absolute Gasteiger partial charge is 0.294 e. The number of rotatable bonds is 3. The van der Waals surface area contributed by atoms with Crippen molar-refractivity contribution in [3.8, 4) is 0 Å². The number of ketones is 1. The number of hydrogen-bond acceptors (Lipinski definition) is 2. The van der Waals surface area contributed by atoms with Gasteiger partial charge in [0, 0.05) is 16.6 Å². The highest BCUT2D eigenvalue weighted by Crippen LogP contribution is 2.15. The Morgan fingerprint density at radius 1 is 1.10 bits per heavy atom. The third kappa shape index (κ3) is 2.82. The van der Waals surface area contributed by atoms with Crippen LogP contribution in [0.1, 0.15) is 21.6 Å². The molecule has 0 fully saturated rings. The van der Waals surface area contributed by atoms with E-state index in [1.165, 1.54) is 6.07 Å². The highest BCUT2D eigenvalue weighted by Gasteiger charge is 2.10. The van der Waals surface area contributed by atoms with Crippen molar-refractivity contribution in [1.29, 1.82) is 0 Å². The molecular weight excluding hydrogens is 265 g/mol. The lowest BCUT2D eigenvalue weighted by molar-refractivity contribution is 0.0991. The number of halogens is 1. The first-order valence-electron chi connectivity index (χ1n) is 6.77. The Morgan fingerprint density at radius 2 is 1.90 bits per heavy atom. The van der Waals surface area contributed by atoms with Crippen LogP contribution in [0, 0.1) is 12.7 Å². The topological polar surface area (TPSA) is 30.0 Å². The Labute approximate surface area is 122 Å². The van der Waals surface area contributed by atoms with Crippen molar-refractivity contribution in [2.24, 2.45) is 0 Å². The number of aromatic nitrogens is 1. The molecule has 0 atom stereocenters. The minimum absolute atomic E-state index is 0.128. The van der Waals surface area contributed by atoms with Crippen molar-refractivity contribution in [2.45, 2.75) is 13.3 Å². The molecule has 104 valence electrons. The number of carbonyl (C=O) groups is 1. The maximum absolute atomic E-state index is 13.5. The summed E-state index contributed by atoms with van der Waals surface area (Å²) in [5.41, 5.74) is 2.47. The van der Waals surface area contributed by atoms with Crippen LogP contribution < -0.4 is 0 Å². The molecule has 0 bridgehead atoms. The summed E-state index contributed by atoms with van der Waals surface area (Å²) in [6.07, 6.45) is 0.174. The standard InChI is InChI=1S/C18H14FNO/c1-12-6-7-14(10-16(12)19)18(21)11-15-9-8-13-4-2-3-5-17(13)20-15/h2-10H,11H2,1H3. The first kappa shape index (κ1) is 13.4. The SMILES string of the molecule is Cc1ccc(C(=O)Cc2ccc3ccccc3n2)cc1F. The van der Waals surface area contributed by atoms with Crippen LogP contribution in [0.5, 0.6) is 0 Å². The molecule has 2 nitrogen and oxygen atoms in total. The molecule has 0 aliphatic carbocycles. The van der Waals surface area contributed by atoms with Crippen LogP contribution in [0.25, 0.3) is 10.9 Å². The predicted molar refractivity (Wildman–Crippen MR) is 80.9 cm³/mol. The molecule has 0 saturated carbocycles. The van der Waals surface area contributed by atoms with Crippen molar-refractivity contribution in [3.63, 3.8) is 0 Å². The van der Waals surface area contributed by atoms with Crippen molar-refractivity contribution in [3.05, 3.63) is 77.2 Å². The zero-order valence-electron chi connectivity index (χ0n) is 11.6. The van der Waals surface area contributed by atoms with Crippen LogP contribution >= 0.6 is 0 Å². The molecule has 0 aliphatic rings. The molecule has 0 amide bonds. The molecule has 1 heterocycles. The third-order valence-electron chi connectivity index (χ3n) is 3.49. The molecule has 0 radical (unpaired) electrons. The highest BCUT2D eigenvalue weighted by molar-refractivity contribution is 5.97. The Morgan fingerprint density at radius 3 is 2.71 bits per heavy atom. The summed E-state index contributed by atoms with van der Waals surface area (Å²) in [6.45, 7) is 1.68. The van der Waals surface area contributed by atoms with Gasteiger partial charge < -0.3 is 0 Å². The number of carbonyl (C=O) groups excluding carboxylic acids is 1. The summed E-state index contributed by atoms with van der Waals surface area (Å²) >= 11 is 0. The van der Waals surface area contributed by atoms with Gasteiger partial charge in [-0.1, -0.05) is 36.4 Å². The van der Waals surface area contributed by atoms with Crippen molar-refractivity contribution in [1.82, 2.24) is 4.98 Å². The molecule has 0 aliphatic heterocycles. The van der Waals surface area contributed by atoms with Crippen LogP contribution in [0.4, 0.5) is 4.39 Å². The lowest BCUT2D eigenvalue weighted by Gasteiger charge is -2.04. The molecule has 21 heavy (non-hydrogen) atoms. The number of hydrogen-bond donors (Lipinski definition) is 0. The summed E-state index contributed by atoms with van der Waals surface area (Å²) < 4.78 is 13.5. The smallest absolute Gasteiger partial charge is 0.168 e. The molecule has 3 rings (SSSR count).